The van der Waals surface area contributed by atoms with Gasteiger partial charge in [0.1, 0.15) is 0 Å². The minimum atomic E-state index is 0.773. The molecule has 0 aliphatic heterocycles. The van der Waals surface area contributed by atoms with Crippen LogP contribution in [0.1, 0.15) is 16.7 Å². The number of thiophene rings is 1. The molecule has 0 radical (unpaired) electrons. The molecule has 7 aromatic carbocycles. The summed E-state index contributed by atoms with van der Waals surface area (Å²) in [6.07, 6.45) is 3.19. The summed E-state index contributed by atoms with van der Waals surface area (Å²) >= 11 is 1.91. The highest BCUT2D eigenvalue weighted by Gasteiger charge is 2.13. The number of hydrogen-bond acceptors (Lipinski definition) is 2. The standard InChI is InChI=1S/C44H33NS/c1-3-12-31(13-4-1)24-27-42(45-30-32-14-5-2-6-15-32)37-20-10-18-35(29-37)34-17-9-19-36(28-34)39-22-11-23-40-41-26-25-33-16-7-8-21-38(33)43(41)46-44(39)40/h1-23,25-29,45H,24,30H2/b42-27-. The lowest BCUT2D eigenvalue weighted by Gasteiger charge is -2.14. The second-order valence-corrected chi connectivity index (χ2v) is 12.8. The third-order valence-corrected chi connectivity index (χ3v) is 10.1. The Hall–Kier alpha value is -5.44. The summed E-state index contributed by atoms with van der Waals surface area (Å²) in [5.74, 6) is 0. The van der Waals surface area contributed by atoms with Crippen LogP contribution < -0.4 is 5.32 Å². The van der Waals surface area contributed by atoms with Gasteiger partial charge in [0, 0.05) is 32.4 Å². The van der Waals surface area contributed by atoms with Crippen molar-refractivity contribution in [1.29, 1.82) is 0 Å². The molecule has 0 saturated heterocycles. The molecule has 0 aliphatic rings. The molecule has 0 atom stereocenters. The van der Waals surface area contributed by atoms with Crippen LogP contribution in [0.3, 0.4) is 0 Å². The molecule has 0 fully saturated rings. The monoisotopic (exact) mass is 607 g/mol. The summed E-state index contributed by atoms with van der Waals surface area (Å²) in [5, 5.41) is 9.03. The van der Waals surface area contributed by atoms with Gasteiger partial charge in [0.25, 0.3) is 0 Å². The normalized spacial score (nSPS) is 11.8. The smallest absolute Gasteiger partial charge is 0.0434 e. The Balaban J connectivity index is 1.16. The average Bonchev–Trinajstić information content (AvgIpc) is 3.52. The Morgan fingerprint density at radius 2 is 1.15 bits per heavy atom. The van der Waals surface area contributed by atoms with E-state index in [1.807, 2.05) is 11.3 Å². The van der Waals surface area contributed by atoms with Crippen molar-refractivity contribution in [3.8, 4) is 22.3 Å². The van der Waals surface area contributed by atoms with Gasteiger partial charge in [-0.05, 0) is 68.3 Å². The van der Waals surface area contributed by atoms with Crippen molar-refractivity contribution in [3.05, 3.63) is 187 Å². The van der Waals surface area contributed by atoms with Crippen molar-refractivity contribution in [2.75, 3.05) is 0 Å². The molecule has 8 rings (SSSR count). The first kappa shape index (κ1) is 28.1. The molecule has 0 unspecified atom stereocenters. The lowest BCUT2D eigenvalue weighted by Crippen LogP contribution is -2.12. The van der Waals surface area contributed by atoms with Crippen LogP contribution in [0.2, 0.25) is 0 Å². The third-order valence-electron chi connectivity index (χ3n) is 8.78. The van der Waals surface area contributed by atoms with Crippen molar-refractivity contribution in [2.24, 2.45) is 0 Å². The molecule has 2 heteroatoms. The number of fused-ring (bicyclic) bond motifs is 5. The average molecular weight is 608 g/mol. The topological polar surface area (TPSA) is 12.0 Å². The number of benzene rings is 7. The predicted octanol–water partition coefficient (Wildman–Crippen LogP) is 11.9. The van der Waals surface area contributed by atoms with E-state index in [0.29, 0.717) is 0 Å². The highest BCUT2D eigenvalue weighted by Crippen LogP contribution is 2.43. The molecule has 0 saturated carbocycles. The van der Waals surface area contributed by atoms with Crippen LogP contribution in [0.25, 0.3) is 58.9 Å². The first-order valence-corrected chi connectivity index (χ1v) is 16.7. The van der Waals surface area contributed by atoms with Gasteiger partial charge in [-0.1, -0.05) is 158 Å². The minimum absolute atomic E-state index is 0.773. The molecule has 0 bridgehead atoms. The molecular weight excluding hydrogens is 575 g/mol. The van der Waals surface area contributed by atoms with E-state index >= 15 is 0 Å². The Morgan fingerprint density at radius 1 is 0.500 bits per heavy atom. The van der Waals surface area contributed by atoms with Crippen LogP contribution in [-0.2, 0) is 13.0 Å². The Kier molecular flexibility index (Phi) is 7.63. The second kappa shape index (κ2) is 12.5. The van der Waals surface area contributed by atoms with Crippen LogP contribution >= 0.6 is 11.3 Å². The van der Waals surface area contributed by atoms with Crippen molar-refractivity contribution in [1.82, 2.24) is 5.32 Å². The maximum absolute atomic E-state index is 3.75. The number of allylic oxidation sites excluding steroid dienone is 1. The van der Waals surface area contributed by atoms with Crippen molar-refractivity contribution in [2.45, 2.75) is 13.0 Å². The van der Waals surface area contributed by atoms with Crippen molar-refractivity contribution >= 4 is 48.0 Å². The molecule has 220 valence electrons. The van der Waals surface area contributed by atoms with Gasteiger partial charge < -0.3 is 5.32 Å². The van der Waals surface area contributed by atoms with Gasteiger partial charge >= 0.3 is 0 Å². The van der Waals surface area contributed by atoms with Crippen LogP contribution in [0.4, 0.5) is 0 Å². The zero-order valence-electron chi connectivity index (χ0n) is 25.5. The van der Waals surface area contributed by atoms with E-state index in [1.54, 1.807) is 0 Å². The molecule has 1 nitrogen and oxygen atoms in total. The van der Waals surface area contributed by atoms with Crippen LogP contribution in [0.15, 0.2) is 170 Å². The highest BCUT2D eigenvalue weighted by molar-refractivity contribution is 7.27. The van der Waals surface area contributed by atoms with Gasteiger partial charge in [-0.15, -0.1) is 11.3 Å². The summed E-state index contributed by atoms with van der Waals surface area (Å²) in [5.41, 5.74) is 9.85. The summed E-state index contributed by atoms with van der Waals surface area (Å²) in [6, 6.07) is 59.2. The summed E-state index contributed by atoms with van der Waals surface area (Å²) < 4.78 is 2.71. The van der Waals surface area contributed by atoms with Crippen LogP contribution in [-0.4, -0.2) is 0 Å². The first-order valence-electron chi connectivity index (χ1n) is 15.9. The molecule has 8 aromatic rings. The minimum Gasteiger partial charge on any atom is -0.381 e. The summed E-state index contributed by atoms with van der Waals surface area (Å²) in [4.78, 5) is 0. The molecule has 1 N–H and O–H groups in total. The van der Waals surface area contributed by atoms with E-state index in [9.17, 15) is 0 Å². The van der Waals surface area contributed by atoms with Crippen LogP contribution in [0.5, 0.6) is 0 Å². The van der Waals surface area contributed by atoms with E-state index in [-0.39, 0.29) is 0 Å². The molecule has 0 spiro atoms. The van der Waals surface area contributed by atoms with E-state index in [4.69, 9.17) is 0 Å². The van der Waals surface area contributed by atoms with Crippen molar-refractivity contribution < 1.29 is 0 Å². The zero-order chi connectivity index (χ0) is 30.7. The number of nitrogens with one attached hydrogen (secondary N) is 1. The van der Waals surface area contributed by atoms with Gasteiger partial charge in [0.15, 0.2) is 0 Å². The van der Waals surface area contributed by atoms with Crippen molar-refractivity contribution in [3.63, 3.8) is 0 Å². The summed E-state index contributed by atoms with van der Waals surface area (Å²) in [6.45, 7) is 0.773. The zero-order valence-corrected chi connectivity index (χ0v) is 26.3. The largest absolute Gasteiger partial charge is 0.381 e. The lowest BCUT2D eigenvalue weighted by molar-refractivity contribution is 0.886. The molecule has 46 heavy (non-hydrogen) atoms. The maximum Gasteiger partial charge on any atom is 0.0434 e. The van der Waals surface area contributed by atoms with E-state index in [1.165, 1.54) is 69.9 Å². The second-order valence-electron chi connectivity index (χ2n) is 11.8. The lowest BCUT2D eigenvalue weighted by atomic mass is 9.96. The fourth-order valence-electron chi connectivity index (χ4n) is 6.41. The molecule has 0 aliphatic carbocycles. The Bertz CT molecular complexity index is 2330. The summed E-state index contributed by atoms with van der Waals surface area (Å²) in [7, 11) is 0. The number of rotatable bonds is 8. The fourth-order valence-corrected chi connectivity index (χ4v) is 7.78. The van der Waals surface area contributed by atoms with E-state index in [0.717, 1.165) is 18.7 Å². The molecular formula is C44H33NS. The fraction of sp³-hybridized carbons (Fsp3) is 0.0455. The SMILES string of the molecule is C(/Cc1ccccc1)=C(/NCc1ccccc1)c1cccc(-c2cccc(-c3cccc4c3sc3c5ccccc5ccc43)c2)c1. The Labute approximate surface area is 274 Å². The van der Waals surface area contributed by atoms with Gasteiger partial charge in [0.05, 0.1) is 0 Å². The van der Waals surface area contributed by atoms with E-state index in [2.05, 4.69) is 175 Å². The van der Waals surface area contributed by atoms with Crippen LogP contribution in [0, 0.1) is 0 Å². The number of hydrogen-bond donors (Lipinski definition) is 1. The van der Waals surface area contributed by atoms with Gasteiger partial charge in [-0.25, -0.2) is 0 Å². The van der Waals surface area contributed by atoms with Gasteiger partial charge in [-0.3, -0.25) is 0 Å². The highest BCUT2D eigenvalue weighted by atomic mass is 32.1. The Morgan fingerprint density at radius 3 is 2.00 bits per heavy atom. The molecule has 1 aromatic heterocycles. The van der Waals surface area contributed by atoms with E-state index < -0.39 is 0 Å². The maximum atomic E-state index is 3.75. The van der Waals surface area contributed by atoms with Gasteiger partial charge in [0.2, 0.25) is 0 Å². The molecule has 1 heterocycles. The van der Waals surface area contributed by atoms with Gasteiger partial charge in [-0.2, -0.15) is 0 Å². The quantitative estimate of drug-likeness (QED) is 0.181. The predicted molar refractivity (Wildman–Crippen MR) is 199 cm³/mol. The molecule has 0 amide bonds. The third kappa shape index (κ3) is 5.60. The first-order chi connectivity index (χ1) is 22.8.